The van der Waals surface area contributed by atoms with Crippen LogP contribution in [0.5, 0.6) is 0 Å². The van der Waals surface area contributed by atoms with Crippen LogP contribution < -0.4 is 0 Å². The van der Waals surface area contributed by atoms with Crippen LogP contribution in [0.4, 0.5) is 0 Å². The number of piperidine rings is 1. The quantitative estimate of drug-likeness (QED) is 0.789. The molecule has 3 aliphatic rings. The molecule has 0 unspecified atom stereocenters. The predicted molar refractivity (Wildman–Crippen MR) is 106 cm³/mol. The van der Waals surface area contributed by atoms with Gasteiger partial charge in [-0.25, -0.2) is 4.98 Å². The van der Waals surface area contributed by atoms with E-state index in [1.807, 2.05) is 17.7 Å². The zero-order valence-corrected chi connectivity index (χ0v) is 16.3. The molecule has 1 aromatic heterocycles. The summed E-state index contributed by atoms with van der Waals surface area (Å²) in [6, 6.07) is 11.1. The van der Waals surface area contributed by atoms with Crippen molar-refractivity contribution in [1.29, 1.82) is 0 Å². The Bertz CT molecular complexity index is 757. The lowest BCUT2D eigenvalue weighted by atomic mass is 9.95. The van der Waals surface area contributed by atoms with Gasteiger partial charge in [0, 0.05) is 38.1 Å². The summed E-state index contributed by atoms with van der Waals surface area (Å²) in [5.41, 5.74) is 1.42. The Balaban J connectivity index is 1.33. The first-order chi connectivity index (χ1) is 13.2. The van der Waals surface area contributed by atoms with Crippen molar-refractivity contribution in [3.05, 3.63) is 54.1 Å². The topological polar surface area (TPSA) is 41.4 Å². The van der Waals surface area contributed by atoms with Crippen LogP contribution in [-0.2, 0) is 17.8 Å². The molecule has 3 aliphatic heterocycles. The molecule has 1 aromatic carbocycles. The van der Waals surface area contributed by atoms with Gasteiger partial charge in [-0.3, -0.25) is 4.79 Å². The lowest BCUT2D eigenvalue weighted by Gasteiger charge is -2.36. The fourth-order valence-electron chi connectivity index (χ4n) is 4.63. The molecule has 3 fully saturated rings. The molecule has 1 amide bonds. The number of amides is 1. The molecule has 5 nitrogen and oxygen atoms in total. The molecule has 0 N–H and O–H groups in total. The van der Waals surface area contributed by atoms with E-state index in [9.17, 15) is 4.79 Å². The van der Waals surface area contributed by atoms with E-state index in [1.165, 1.54) is 18.4 Å². The van der Waals surface area contributed by atoms with Crippen molar-refractivity contribution in [3.8, 4) is 0 Å². The average Bonchev–Trinajstić information content (AvgIpc) is 2.89. The number of rotatable bonds is 6. The highest BCUT2D eigenvalue weighted by atomic mass is 16.2. The summed E-state index contributed by atoms with van der Waals surface area (Å²) in [7, 11) is 0. The van der Waals surface area contributed by atoms with E-state index in [1.54, 1.807) is 6.20 Å². The Morgan fingerprint density at radius 1 is 1.15 bits per heavy atom. The van der Waals surface area contributed by atoms with Crippen LogP contribution in [0.2, 0.25) is 0 Å². The smallest absolute Gasteiger partial charge is 0.242 e. The van der Waals surface area contributed by atoms with Gasteiger partial charge in [-0.15, -0.1) is 0 Å². The molecule has 2 atom stereocenters. The van der Waals surface area contributed by atoms with Crippen LogP contribution >= 0.6 is 0 Å². The molecule has 0 spiro atoms. The van der Waals surface area contributed by atoms with Crippen LogP contribution in [0.15, 0.2) is 42.7 Å². The van der Waals surface area contributed by atoms with Gasteiger partial charge in [0.05, 0.1) is 0 Å². The fourth-order valence-corrected chi connectivity index (χ4v) is 4.63. The number of hydrogen-bond acceptors (Lipinski definition) is 3. The van der Waals surface area contributed by atoms with E-state index < -0.39 is 0 Å². The summed E-state index contributed by atoms with van der Waals surface area (Å²) >= 11 is 0. The number of carbonyl (C=O) groups excluding carboxylic acids is 1. The second-order valence-electron chi connectivity index (χ2n) is 8.09. The van der Waals surface area contributed by atoms with Crippen molar-refractivity contribution in [2.75, 3.05) is 26.2 Å². The Hall–Kier alpha value is -2.14. The SMILES string of the molecule is Cc1nccn1CC(=O)N1C[C@H]2CC[C@@H]1CN(CCCc1ccccc1)C2. The van der Waals surface area contributed by atoms with Crippen LogP contribution in [0.1, 0.15) is 30.7 Å². The third-order valence-electron chi connectivity index (χ3n) is 6.12. The molecule has 3 saturated heterocycles. The van der Waals surface area contributed by atoms with E-state index in [4.69, 9.17) is 0 Å². The summed E-state index contributed by atoms with van der Waals surface area (Å²) in [5.74, 6) is 1.77. The van der Waals surface area contributed by atoms with E-state index >= 15 is 0 Å². The molecule has 0 radical (unpaired) electrons. The standard InChI is InChI=1S/C22H30N4O/c1-18-23-11-13-25(18)17-22(27)26-15-20-9-10-21(26)16-24(14-20)12-5-8-19-6-3-2-4-7-19/h2-4,6-7,11,13,20-21H,5,8-10,12,14-17H2,1H3/t20-,21+/m0/s1. The van der Waals surface area contributed by atoms with E-state index in [-0.39, 0.29) is 5.91 Å². The molecular weight excluding hydrogens is 336 g/mol. The second kappa shape index (κ2) is 8.26. The van der Waals surface area contributed by atoms with Crippen LogP contribution in [0.25, 0.3) is 0 Å². The first-order valence-electron chi connectivity index (χ1n) is 10.2. The van der Waals surface area contributed by atoms with Gasteiger partial charge in [0.15, 0.2) is 0 Å². The first-order valence-corrected chi connectivity index (χ1v) is 10.2. The van der Waals surface area contributed by atoms with Gasteiger partial charge >= 0.3 is 0 Å². The Morgan fingerprint density at radius 2 is 2.00 bits per heavy atom. The molecule has 5 heteroatoms. The van der Waals surface area contributed by atoms with Crippen molar-refractivity contribution in [3.63, 3.8) is 0 Å². The summed E-state index contributed by atoms with van der Waals surface area (Å²) in [4.78, 5) is 21.9. The number of fused-ring (bicyclic) bond motifs is 4. The van der Waals surface area contributed by atoms with Gasteiger partial charge in [-0.1, -0.05) is 30.3 Å². The highest BCUT2D eigenvalue weighted by molar-refractivity contribution is 5.76. The monoisotopic (exact) mass is 366 g/mol. The van der Waals surface area contributed by atoms with E-state index in [0.29, 0.717) is 18.5 Å². The van der Waals surface area contributed by atoms with E-state index in [0.717, 1.165) is 44.8 Å². The Morgan fingerprint density at radius 3 is 2.78 bits per heavy atom. The number of benzene rings is 1. The normalized spacial score (nSPS) is 22.8. The molecule has 0 saturated carbocycles. The fraction of sp³-hybridized carbons (Fsp3) is 0.545. The number of carbonyl (C=O) groups is 1. The van der Waals surface area contributed by atoms with Crippen molar-refractivity contribution in [2.45, 2.75) is 45.2 Å². The highest BCUT2D eigenvalue weighted by Gasteiger charge is 2.36. The Kier molecular flexibility index (Phi) is 5.58. The number of hydrogen-bond donors (Lipinski definition) is 0. The third-order valence-corrected chi connectivity index (χ3v) is 6.12. The molecular formula is C22H30N4O. The maximum absolute atomic E-state index is 12.9. The number of nitrogens with zero attached hydrogens (tertiary/aromatic N) is 4. The van der Waals surface area contributed by atoms with Gasteiger partial charge in [0.1, 0.15) is 12.4 Å². The molecule has 144 valence electrons. The molecule has 2 bridgehead atoms. The minimum atomic E-state index is 0.247. The van der Waals surface area contributed by atoms with Crippen LogP contribution in [0.3, 0.4) is 0 Å². The lowest BCUT2D eigenvalue weighted by Crippen LogP contribution is -2.48. The van der Waals surface area contributed by atoms with Gasteiger partial charge in [0.25, 0.3) is 0 Å². The molecule has 4 heterocycles. The van der Waals surface area contributed by atoms with Gasteiger partial charge in [-0.05, 0) is 50.6 Å². The third kappa shape index (κ3) is 4.41. The first kappa shape index (κ1) is 18.2. The van der Waals surface area contributed by atoms with Crippen molar-refractivity contribution >= 4 is 5.91 Å². The van der Waals surface area contributed by atoms with Crippen molar-refractivity contribution in [2.24, 2.45) is 5.92 Å². The highest BCUT2D eigenvalue weighted by Crippen LogP contribution is 2.28. The molecule has 2 aromatic rings. The Labute approximate surface area is 162 Å². The van der Waals surface area contributed by atoms with Gasteiger partial charge in [-0.2, -0.15) is 0 Å². The van der Waals surface area contributed by atoms with Crippen LogP contribution in [-0.4, -0.2) is 57.5 Å². The summed E-state index contributed by atoms with van der Waals surface area (Å²) < 4.78 is 1.96. The number of imidazole rings is 1. The largest absolute Gasteiger partial charge is 0.337 e. The zero-order chi connectivity index (χ0) is 18.6. The van der Waals surface area contributed by atoms with E-state index in [2.05, 4.69) is 45.1 Å². The minimum Gasteiger partial charge on any atom is -0.337 e. The minimum absolute atomic E-state index is 0.247. The summed E-state index contributed by atoms with van der Waals surface area (Å²) in [5, 5.41) is 0. The van der Waals surface area contributed by atoms with Crippen molar-refractivity contribution in [1.82, 2.24) is 19.4 Å². The molecule has 0 aliphatic carbocycles. The molecule has 27 heavy (non-hydrogen) atoms. The second-order valence-corrected chi connectivity index (χ2v) is 8.09. The lowest BCUT2D eigenvalue weighted by molar-refractivity contribution is -0.136. The zero-order valence-electron chi connectivity index (χ0n) is 16.3. The van der Waals surface area contributed by atoms with Gasteiger partial charge < -0.3 is 14.4 Å². The average molecular weight is 367 g/mol. The maximum atomic E-state index is 12.9. The summed E-state index contributed by atoms with van der Waals surface area (Å²) in [6.45, 7) is 6.59. The number of aryl methyl sites for hydroxylation is 2. The maximum Gasteiger partial charge on any atom is 0.242 e. The van der Waals surface area contributed by atoms with Gasteiger partial charge in [0.2, 0.25) is 5.91 Å². The number of aromatic nitrogens is 2. The summed E-state index contributed by atoms with van der Waals surface area (Å²) in [6.07, 6.45) is 8.40. The predicted octanol–water partition coefficient (Wildman–Crippen LogP) is 2.75. The molecule has 5 rings (SSSR count). The van der Waals surface area contributed by atoms with Crippen LogP contribution in [0, 0.1) is 12.8 Å². The van der Waals surface area contributed by atoms with Crippen molar-refractivity contribution < 1.29 is 4.79 Å².